The number of aryl methyl sites for hydroxylation is 2. The van der Waals surface area contributed by atoms with Crippen molar-refractivity contribution in [1.29, 1.82) is 0 Å². The predicted molar refractivity (Wildman–Crippen MR) is 109 cm³/mol. The molecule has 5 nitrogen and oxygen atoms in total. The van der Waals surface area contributed by atoms with Gasteiger partial charge in [0.25, 0.3) is 5.91 Å². The summed E-state index contributed by atoms with van der Waals surface area (Å²) in [4.78, 5) is 17.8. The number of benzene rings is 2. The van der Waals surface area contributed by atoms with Crippen molar-refractivity contribution in [2.75, 3.05) is 11.9 Å². The van der Waals surface area contributed by atoms with Crippen LogP contribution in [0.3, 0.4) is 0 Å². The largest absolute Gasteiger partial charge is 0.484 e. The van der Waals surface area contributed by atoms with Gasteiger partial charge in [-0.15, -0.1) is 11.3 Å². The molecule has 2 heterocycles. The lowest BCUT2D eigenvalue weighted by Gasteiger charge is -2.09. The van der Waals surface area contributed by atoms with Crippen LogP contribution in [0.15, 0.2) is 60.2 Å². The van der Waals surface area contributed by atoms with Crippen LogP contribution in [0, 0.1) is 13.8 Å². The molecule has 0 saturated heterocycles. The Bertz CT molecular complexity index is 1060. The molecule has 4 rings (SSSR count). The monoisotopic (exact) mass is 377 g/mol. The summed E-state index contributed by atoms with van der Waals surface area (Å²) in [7, 11) is 0. The van der Waals surface area contributed by atoms with Crippen LogP contribution in [0.2, 0.25) is 0 Å². The number of anilines is 1. The Kier molecular flexibility index (Phi) is 4.64. The lowest BCUT2D eigenvalue weighted by molar-refractivity contribution is -0.118. The molecular weight excluding hydrogens is 358 g/mol. The Balaban J connectivity index is 1.43. The molecule has 6 heteroatoms. The summed E-state index contributed by atoms with van der Waals surface area (Å²) in [6.07, 6.45) is 3.96. The van der Waals surface area contributed by atoms with Crippen molar-refractivity contribution in [2.24, 2.45) is 0 Å². The van der Waals surface area contributed by atoms with Gasteiger partial charge in [-0.2, -0.15) is 0 Å². The summed E-state index contributed by atoms with van der Waals surface area (Å²) in [5.74, 6) is 0.506. The van der Waals surface area contributed by atoms with Gasteiger partial charge in [0.05, 0.1) is 5.69 Å². The highest BCUT2D eigenvalue weighted by atomic mass is 32.1. The van der Waals surface area contributed by atoms with Gasteiger partial charge in [-0.05, 0) is 49.2 Å². The van der Waals surface area contributed by atoms with Crippen LogP contribution in [-0.4, -0.2) is 21.9 Å². The van der Waals surface area contributed by atoms with Gasteiger partial charge in [-0.3, -0.25) is 9.20 Å². The molecule has 0 spiro atoms. The standard InChI is InChI=1S/C21H19N3O2S/c1-14-8-15(2)10-18(9-14)26-13-20(25)22-17-5-3-4-16(11-17)19-12-24-6-7-27-21(24)23-19/h3-12H,13H2,1-2H3,(H,22,25). The Hall–Kier alpha value is -3.12. The SMILES string of the molecule is Cc1cc(C)cc(OCC(=O)Nc2cccc(-c3cn4ccsc4n3)c2)c1. The average molecular weight is 377 g/mol. The molecule has 0 atom stereocenters. The topological polar surface area (TPSA) is 55.6 Å². The molecule has 0 aliphatic rings. The average Bonchev–Trinajstić information content (AvgIpc) is 3.21. The zero-order chi connectivity index (χ0) is 18.8. The fourth-order valence-corrected chi connectivity index (χ4v) is 3.69. The number of hydrogen-bond acceptors (Lipinski definition) is 4. The lowest BCUT2D eigenvalue weighted by atomic mass is 10.1. The zero-order valence-electron chi connectivity index (χ0n) is 15.1. The van der Waals surface area contributed by atoms with Gasteiger partial charge in [0.1, 0.15) is 5.75 Å². The number of rotatable bonds is 5. The highest BCUT2D eigenvalue weighted by Crippen LogP contribution is 2.24. The molecule has 4 aromatic rings. The van der Waals surface area contributed by atoms with E-state index in [0.29, 0.717) is 5.75 Å². The van der Waals surface area contributed by atoms with Crippen LogP contribution in [0.4, 0.5) is 5.69 Å². The van der Waals surface area contributed by atoms with E-state index in [1.54, 1.807) is 11.3 Å². The van der Waals surface area contributed by atoms with Crippen molar-refractivity contribution < 1.29 is 9.53 Å². The maximum atomic E-state index is 12.2. The smallest absolute Gasteiger partial charge is 0.262 e. The first kappa shape index (κ1) is 17.3. The van der Waals surface area contributed by atoms with Gasteiger partial charge in [0, 0.05) is 29.0 Å². The Labute approximate surface area is 161 Å². The summed E-state index contributed by atoms with van der Waals surface area (Å²) in [5.41, 5.74) is 4.78. The van der Waals surface area contributed by atoms with Crippen LogP contribution in [0.5, 0.6) is 5.75 Å². The van der Waals surface area contributed by atoms with E-state index >= 15 is 0 Å². The number of carbonyl (C=O) groups is 1. The van der Waals surface area contributed by atoms with Gasteiger partial charge in [0.2, 0.25) is 0 Å². The van der Waals surface area contributed by atoms with E-state index in [2.05, 4.69) is 16.4 Å². The number of fused-ring (bicyclic) bond motifs is 1. The first-order chi connectivity index (χ1) is 13.1. The van der Waals surface area contributed by atoms with Crippen molar-refractivity contribution in [1.82, 2.24) is 9.38 Å². The number of ether oxygens (including phenoxy) is 1. The number of aromatic nitrogens is 2. The van der Waals surface area contributed by atoms with E-state index in [-0.39, 0.29) is 12.5 Å². The molecule has 1 amide bonds. The zero-order valence-corrected chi connectivity index (χ0v) is 15.9. The Morgan fingerprint density at radius 2 is 2.00 bits per heavy atom. The van der Waals surface area contributed by atoms with Crippen molar-refractivity contribution in [3.05, 3.63) is 71.4 Å². The second-order valence-electron chi connectivity index (χ2n) is 6.46. The first-order valence-electron chi connectivity index (χ1n) is 8.60. The minimum Gasteiger partial charge on any atom is -0.484 e. The van der Waals surface area contributed by atoms with Gasteiger partial charge in [0.15, 0.2) is 11.6 Å². The van der Waals surface area contributed by atoms with E-state index in [1.807, 2.05) is 72.4 Å². The highest BCUT2D eigenvalue weighted by molar-refractivity contribution is 7.15. The molecule has 136 valence electrons. The molecule has 0 radical (unpaired) electrons. The second kappa shape index (κ2) is 7.25. The third-order valence-corrected chi connectivity index (χ3v) is 4.87. The van der Waals surface area contributed by atoms with Crippen LogP contribution in [0.1, 0.15) is 11.1 Å². The quantitative estimate of drug-likeness (QED) is 0.549. The van der Waals surface area contributed by atoms with E-state index in [1.165, 1.54) is 0 Å². The van der Waals surface area contributed by atoms with E-state index in [4.69, 9.17) is 4.74 Å². The fourth-order valence-electron chi connectivity index (χ4n) is 2.99. The minimum absolute atomic E-state index is 0.0344. The Morgan fingerprint density at radius 3 is 2.78 bits per heavy atom. The maximum Gasteiger partial charge on any atom is 0.262 e. The van der Waals surface area contributed by atoms with Gasteiger partial charge >= 0.3 is 0 Å². The third-order valence-electron chi connectivity index (χ3n) is 4.10. The van der Waals surface area contributed by atoms with Crippen LogP contribution in [0.25, 0.3) is 16.2 Å². The third kappa shape index (κ3) is 4.01. The molecule has 2 aromatic heterocycles. The van der Waals surface area contributed by atoms with E-state index in [0.717, 1.165) is 33.0 Å². The number of nitrogens with one attached hydrogen (secondary N) is 1. The number of thiazole rings is 1. The number of amides is 1. The van der Waals surface area contributed by atoms with Gasteiger partial charge < -0.3 is 10.1 Å². The molecule has 1 N–H and O–H groups in total. The highest BCUT2D eigenvalue weighted by Gasteiger charge is 2.08. The minimum atomic E-state index is -0.197. The van der Waals surface area contributed by atoms with Crippen LogP contribution in [-0.2, 0) is 4.79 Å². The summed E-state index contributed by atoms with van der Waals surface area (Å²) >= 11 is 1.59. The van der Waals surface area contributed by atoms with Crippen molar-refractivity contribution in [2.45, 2.75) is 13.8 Å². The van der Waals surface area contributed by atoms with E-state index in [9.17, 15) is 4.79 Å². The molecule has 27 heavy (non-hydrogen) atoms. The molecule has 0 fully saturated rings. The van der Waals surface area contributed by atoms with Crippen molar-refractivity contribution in [3.8, 4) is 17.0 Å². The van der Waals surface area contributed by atoms with Crippen molar-refractivity contribution >= 4 is 27.9 Å². The van der Waals surface area contributed by atoms with E-state index < -0.39 is 0 Å². The summed E-state index contributed by atoms with van der Waals surface area (Å²) < 4.78 is 7.61. The first-order valence-corrected chi connectivity index (χ1v) is 9.48. The number of carbonyl (C=O) groups excluding carboxylic acids is 1. The van der Waals surface area contributed by atoms with Gasteiger partial charge in [-0.1, -0.05) is 18.2 Å². The molecule has 0 aliphatic heterocycles. The summed E-state index contributed by atoms with van der Waals surface area (Å²) in [5, 5.41) is 4.88. The molecule has 0 aliphatic carbocycles. The molecule has 2 aromatic carbocycles. The number of imidazole rings is 1. The second-order valence-corrected chi connectivity index (χ2v) is 7.33. The van der Waals surface area contributed by atoms with Gasteiger partial charge in [-0.25, -0.2) is 4.98 Å². The molecule has 0 bridgehead atoms. The lowest BCUT2D eigenvalue weighted by Crippen LogP contribution is -2.20. The maximum absolute atomic E-state index is 12.2. The summed E-state index contributed by atoms with van der Waals surface area (Å²) in [6.45, 7) is 3.98. The predicted octanol–water partition coefficient (Wildman–Crippen LogP) is 4.70. The van der Waals surface area contributed by atoms with Crippen LogP contribution >= 0.6 is 11.3 Å². The fraction of sp³-hybridized carbons (Fsp3) is 0.143. The van der Waals surface area contributed by atoms with Crippen LogP contribution < -0.4 is 10.1 Å². The normalized spacial score (nSPS) is 10.9. The molecule has 0 unspecified atom stereocenters. The Morgan fingerprint density at radius 1 is 1.19 bits per heavy atom. The summed E-state index contributed by atoms with van der Waals surface area (Å²) in [6, 6.07) is 13.6. The number of nitrogens with zero attached hydrogens (tertiary/aromatic N) is 2. The molecular formula is C21H19N3O2S. The molecule has 0 saturated carbocycles. The van der Waals surface area contributed by atoms with Crippen molar-refractivity contribution in [3.63, 3.8) is 0 Å². The number of hydrogen-bond donors (Lipinski definition) is 1.